The van der Waals surface area contributed by atoms with Gasteiger partial charge >= 0.3 is 0 Å². The van der Waals surface area contributed by atoms with Crippen LogP contribution in [0.3, 0.4) is 0 Å². The fourth-order valence-electron chi connectivity index (χ4n) is 1.56. The molecule has 0 bridgehead atoms. The van der Waals surface area contributed by atoms with Crippen LogP contribution in [0.2, 0.25) is 0 Å². The third-order valence-electron chi connectivity index (χ3n) is 2.50. The lowest BCUT2D eigenvalue weighted by Gasteiger charge is -2.06. The van der Waals surface area contributed by atoms with Crippen molar-refractivity contribution >= 4 is 21.4 Å². The van der Waals surface area contributed by atoms with Gasteiger partial charge in [0, 0.05) is 17.0 Å². The quantitative estimate of drug-likeness (QED) is 0.842. The van der Waals surface area contributed by atoms with E-state index in [-0.39, 0.29) is 11.4 Å². The third-order valence-corrected chi connectivity index (χ3v) is 4.77. The van der Waals surface area contributed by atoms with Crippen molar-refractivity contribution in [2.24, 2.45) is 5.73 Å². The SMILES string of the molecule is NCC#Cc1cccc(S(=O)(=O)NCc2cccs2)c1. The number of hydrogen-bond acceptors (Lipinski definition) is 4. The molecule has 0 fully saturated rings. The standard InChI is InChI=1S/C14H14N2O2S2/c15-8-2-5-12-4-1-7-14(10-12)20(17,18)16-11-13-6-3-9-19-13/h1,3-4,6-7,9-10,16H,8,11,15H2. The molecule has 3 N–H and O–H groups in total. The second-order valence-corrected chi connectivity index (χ2v) is 6.74. The first-order valence-electron chi connectivity index (χ1n) is 5.93. The Hall–Kier alpha value is -1.65. The Morgan fingerprint density at radius 3 is 2.80 bits per heavy atom. The van der Waals surface area contributed by atoms with Crippen LogP contribution in [0, 0.1) is 11.8 Å². The number of hydrogen-bond donors (Lipinski definition) is 2. The van der Waals surface area contributed by atoms with Crippen LogP contribution in [0.25, 0.3) is 0 Å². The molecule has 0 saturated carbocycles. The van der Waals surface area contributed by atoms with E-state index in [4.69, 9.17) is 5.73 Å². The molecular weight excluding hydrogens is 292 g/mol. The molecule has 0 unspecified atom stereocenters. The van der Waals surface area contributed by atoms with Crippen LogP contribution in [-0.4, -0.2) is 15.0 Å². The molecular formula is C14H14N2O2S2. The lowest BCUT2D eigenvalue weighted by Crippen LogP contribution is -2.22. The van der Waals surface area contributed by atoms with E-state index < -0.39 is 10.0 Å². The van der Waals surface area contributed by atoms with Crippen molar-refractivity contribution in [1.82, 2.24) is 4.72 Å². The summed E-state index contributed by atoms with van der Waals surface area (Å²) in [6, 6.07) is 10.3. The Bertz CT molecular complexity index is 726. The van der Waals surface area contributed by atoms with Crippen molar-refractivity contribution in [3.05, 3.63) is 52.2 Å². The van der Waals surface area contributed by atoms with Crippen LogP contribution in [0.4, 0.5) is 0 Å². The van der Waals surface area contributed by atoms with E-state index in [1.807, 2.05) is 17.5 Å². The van der Waals surface area contributed by atoms with Gasteiger partial charge in [-0.15, -0.1) is 11.3 Å². The van der Waals surface area contributed by atoms with Crippen molar-refractivity contribution in [3.63, 3.8) is 0 Å². The molecule has 1 aromatic heterocycles. The Morgan fingerprint density at radius 1 is 1.25 bits per heavy atom. The minimum absolute atomic E-state index is 0.206. The van der Waals surface area contributed by atoms with Gasteiger partial charge in [-0.3, -0.25) is 0 Å². The zero-order chi connectivity index (χ0) is 14.4. The van der Waals surface area contributed by atoms with Crippen molar-refractivity contribution in [1.29, 1.82) is 0 Å². The van der Waals surface area contributed by atoms with Gasteiger partial charge in [-0.1, -0.05) is 24.0 Å². The number of rotatable bonds is 4. The van der Waals surface area contributed by atoms with Crippen LogP contribution >= 0.6 is 11.3 Å². The molecule has 4 nitrogen and oxygen atoms in total. The average Bonchev–Trinajstić information content (AvgIpc) is 2.97. The van der Waals surface area contributed by atoms with Crippen molar-refractivity contribution in [2.45, 2.75) is 11.4 Å². The largest absolute Gasteiger partial charge is 0.320 e. The lowest BCUT2D eigenvalue weighted by atomic mass is 10.2. The van der Waals surface area contributed by atoms with Gasteiger partial charge in [0.05, 0.1) is 11.4 Å². The number of sulfonamides is 1. The molecule has 0 aliphatic heterocycles. The summed E-state index contributed by atoms with van der Waals surface area (Å²) in [6.07, 6.45) is 0. The van der Waals surface area contributed by atoms with E-state index in [0.717, 1.165) is 4.88 Å². The van der Waals surface area contributed by atoms with Crippen LogP contribution in [0.15, 0.2) is 46.7 Å². The van der Waals surface area contributed by atoms with Gasteiger partial charge in [0.25, 0.3) is 0 Å². The summed E-state index contributed by atoms with van der Waals surface area (Å²) in [6.45, 7) is 0.534. The second kappa shape index (κ2) is 6.68. The topological polar surface area (TPSA) is 72.2 Å². The maximum Gasteiger partial charge on any atom is 0.240 e. The van der Waals surface area contributed by atoms with Crippen molar-refractivity contribution < 1.29 is 8.42 Å². The second-order valence-electron chi connectivity index (χ2n) is 3.94. The minimum atomic E-state index is -3.53. The summed E-state index contributed by atoms with van der Waals surface area (Å²) >= 11 is 1.51. The highest BCUT2D eigenvalue weighted by atomic mass is 32.2. The fourth-order valence-corrected chi connectivity index (χ4v) is 3.34. The predicted molar refractivity (Wildman–Crippen MR) is 80.7 cm³/mol. The highest BCUT2D eigenvalue weighted by molar-refractivity contribution is 7.89. The van der Waals surface area contributed by atoms with Gasteiger partial charge in [0.1, 0.15) is 0 Å². The van der Waals surface area contributed by atoms with E-state index in [1.165, 1.54) is 11.3 Å². The summed E-state index contributed by atoms with van der Waals surface area (Å²) in [5.41, 5.74) is 5.93. The molecule has 0 saturated heterocycles. The summed E-state index contributed by atoms with van der Waals surface area (Å²) in [5, 5.41) is 1.91. The maximum absolute atomic E-state index is 12.2. The van der Waals surface area contributed by atoms with Crippen molar-refractivity contribution in [2.75, 3.05) is 6.54 Å². The van der Waals surface area contributed by atoms with E-state index >= 15 is 0 Å². The van der Waals surface area contributed by atoms with Gasteiger partial charge in [0.15, 0.2) is 0 Å². The molecule has 6 heteroatoms. The first-order valence-corrected chi connectivity index (χ1v) is 8.29. The number of nitrogens with one attached hydrogen (secondary N) is 1. The Labute approximate surface area is 122 Å². The maximum atomic E-state index is 12.2. The van der Waals surface area contributed by atoms with Crippen molar-refractivity contribution in [3.8, 4) is 11.8 Å². The Kier molecular flexibility index (Phi) is 4.93. The van der Waals surface area contributed by atoms with Crippen LogP contribution < -0.4 is 10.5 Å². The summed E-state index contributed by atoms with van der Waals surface area (Å²) in [5.74, 6) is 5.52. The molecule has 2 rings (SSSR count). The van der Waals surface area contributed by atoms with Gasteiger partial charge in [-0.2, -0.15) is 0 Å². The molecule has 0 spiro atoms. The summed E-state index contributed by atoms with van der Waals surface area (Å²) in [7, 11) is -3.53. The highest BCUT2D eigenvalue weighted by Crippen LogP contribution is 2.13. The molecule has 1 heterocycles. The van der Waals surface area contributed by atoms with Crippen LogP contribution in [0.1, 0.15) is 10.4 Å². The van der Waals surface area contributed by atoms with Crippen LogP contribution in [0.5, 0.6) is 0 Å². The minimum Gasteiger partial charge on any atom is -0.320 e. The zero-order valence-corrected chi connectivity index (χ0v) is 12.3. The van der Waals surface area contributed by atoms with E-state index in [2.05, 4.69) is 16.6 Å². The highest BCUT2D eigenvalue weighted by Gasteiger charge is 2.13. The summed E-state index contributed by atoms with van der Waals surface area (Å²) in [4.78, 5) is 1.17. The smallest absolute Gasteiger partial charge is 0.240 e. The summed E-state index contributed by atoms with van der Waals surface area (Å²) < 4.78 is 26.9. The first-order chi connectivity index (χ1) is 9.62. The zero-order valence-electron chi connectivity index (χ0n) is 10.7. The fraction of sp³-hybridized carbons (Fsp3) is 0.143. The van der Waals surface area contributed by atoms with E-state index in [9.17, 15) is 8.42 Å². The predicted octanol–water partition coefficient (Wildman–Crippen LogP) is 1.54. The lowest BCUT2D eigenvalue weighted by molar-refractivity contribution is 0.582. The van der Waals surface area contributed by atoms with Gasteiger partial charge in [-0.25, -0.2) is 13.1 Å². The Morgan fingerprint density at radius 2 is 2.10 bits per heavy atom. The Balaban J connectivity index is 2.16. The monoisotopic (exact) mass is 306 g/mol. The molecule has 104 valence electrons. The van der Waals surface area contributed by atoms with Gasteiger partial charge in [-0.05, 0) is 29.6 Å². The molecule has 1 aromatic carbocycles. The number of nitrogens with two attached hydrogens (primary N) is 1. The van der Waals surface area contributed by atoms with Gasteiger partial charge in [0.2, 0.25) is 10.0 Å². The number of thiophene rings is 1. The van der Waals surface area contributed by atoms with Gasteiger partial charge < -0.3 is 5.73 Å². The number of benzene rings is 1. The molecule has 0 aliphatic rings. The molecule has 0 aliphatic carbocycles. The van der Waals surface area contributed by atoms with Crippen LogP contribution in [-0.2, 0) is 16.6 Å². The third kappa shape index (κ3) is 3.92. The van der Waals surface area contributed by atoms with E-state index in [0.29, 0.717) is 12.1 Å². The van der Waals surface area contributed by atoms with E-state index in [1.54, 1.807) is 24.3 Å². The molecule has 0 amide bonds. The molecule has 2 aromatic rings. The molecule has 0 atom stereocenters. The first kappa shape index (κ1) is 14.8. The average molecular weight is 306 g/mol. The normalized spacial score (nSPS) is 10.8. The molecule has 20 heavy (non-hydrogen) atoms. The molecule has 0 radical (unpaired) electrons.